The van der Waals surface area contributed by atoms with E-state index >= 15 is 0 Å². The number of aromatic nitrogens is 1. The molecular weight excluding hydrogens is 567 g/mol. The van der Waals surface area contributed by atoms with Gasteiger partial charge in [0, 0.05) is 47.4 Å². The summed E-state index contributed by atoms with van der Waals surface area (Å²) in [6.45, 7) is 0. The molecule has 3 heteroatoms. The molecule has 0 atom stereocenters. The minimum atomic E-state index is 0.907. The van der Waals surface area contributed by atoms with Crippen LogP contribution in [0.1, 0.15) is 0 Å². The molecular formula is C42H25NOS. The first-order chi connectivity index (χ1) is 22.3. The van der Waals surface area contributed by atoms with Crippen LogP contribution in [0.3, 0.4) is 0 Å². The van der Waals surface area contributed by atoms with E-state index in [1.54, 1.807) is 0 Å². The number of thiophene rings is 1. The number of nitrogens with zero attached hydrogens (tertiary/aromatic N) is 1. The van der Waals surface area contributed by atoms with Crippen molar-refractivity contribution in [1.82, 2.24) is 4.57 Å². The van der Waals surface area contributed by atoms with Crippen molar-refractivity contribution in [3.8, 4) is 27.9 Å². The average molecular weight is 592 g/mol. The van der Waals surface area contributed by atoms with Crippen molar-refractivity contribution in [3.05, 3.63) is 152 Å². The van der Waals surface area contributed by atoms with Crippen molar-refractivity contribution in [2.24, 2.45) is 0 Å². The predicted molar refractivity (Wildman–Crippen MR) is 192 cm³/mol. The van der Waals surface area contributed by atoms with Gasteiger partial charge in [0.05, 0.1) is 11.0 Å². The second-order valence-electron chi connectivity index (χ2n) is 11.8. The molecule has 10 rings (SSSR count). The monoisotopic (exact) mass is 591 g/mol. The van der Waals surface area contributed by atoms with Crippen LogP contribution in [-0.2, 0) is 0 Å². The molecule has 0 radical (unpaired) electrons. The Bertz CT molecular complexity index is 2760. The first-order valence-corrected chi connectivity index (χ1v) is 16.1. The van der Waals surface area contributed by atoms with Crippen LogP contribution in [0.5, 0.6) is 0 Å². The number of para-hydroxylation sites is 1. The molecule has 0 saturated carbocycles. The Kier molecular flexibility index (Phi) is 5.19. The molecule has 0 fully saturated rings. The standard InChI is InChI=1S/C42H25NOS/c1-2-8-26(9-3-1)29-14-18-31-34-22-27(28-16-21-42-36(23-28)33-11-5-7-13-41(33)45-42)15-19-37(34)43(38(31)24-29)30-17-20-40-35(25-30)32-10-4-6-12-39(32)44-40/h1-25H. The molecule has 0 saturated heterocycles. The molecule has 0 aliphatic heterocycles. The lowest BCUT2D eigenvalue weighted by Crippen LogP contribution is -1.94. The van der Waals surface area contributed by atoms with Crippen molar-refractivity contribution in [1.29, 1.82) is 0 Å². The highest BCUT2D eigenvalue weighted by atomic mass is 32.1. The van der Waals surface area contributed by atoms with Gasteiger partial charge in [0.15, 0.2) is 0 Å². The summed E-state index contributed by atoms with van der Waals surface area (Å²) < 4.78 is 11.3. The van der Waals surface area contributed by atoms with E-state index in [1.807, 2.05) is 23.5 Å². The molecule has 10 aromatic rings. The van der Waals surface area contributed by atoms with Gasteiger partial charge in [0.1, 0.15) is 11.2 Å². The molecule has 0 bridgehead atoms. The molecule has 0 aliphatic carbocycles. The van der Waals surface area contributed by atoms with Crippen LogP contribution < -0.4 is 0 Å². The fraction of sp³-hybridized carbons (Fsp3) is 0. The second kappa shape index (κ2) is 9.43. The number of benzene rings is 7. The molecule has 3 heterocycles. The Morgan fingerprint density at radius 1 is 0.378 bits per heavy atom. The van der Waals surface area contributed by atoms with E-state index in [2.05, 4.69) is 144 Å². The maximum atomic E-state index is 6.18. The fourth-order valence-corrected chi connectivity index (χ4v) is 8.13. The van der Waals surface area contributed by atoms with E-state index < -0.39 is 0 Å². The van der Waals surface area contributed by atoms with E-state index in [4.69, 9.17) is 4.42 Å². The Morgan fingerprint density at radius 3 is 1.98 bits per heavy atom. The zero-order valence-electron chi connectivity index (χ0n) is 24.2. The van der Waals surface area contributed by atoms with Crippen LogP contribution >= 0.6 is 11.3 Å². The van der Waals surface area contributed by atoms with Gasteiger partial charge in [-0.1, -0.05) is 91.0 Å². The Balaban J connectivity index is 1.23. The maximum absolute atomic E-state index is 6.18. The van der Waals surface area contributed by atoms with E-state index in [9.17, 15) is 0 Å². The van der Waals surface area contributed by atoms with Crippen LogP contribution in [0, 0.1) is 0 Å². The summed E-state index contributed by atoms with van der Waals surface area (Å²) in [6.07, 6.45) is 0. The van der Waals surface area contributed by atoms with Crippen molar-refractivity contribution in [2.75, 3.05) is 0 Å². The number of hydrogen-bond acceptors (Lipinski definition) is 2. The molecule has 0 amide bonds. The van der Waals surface area contributed by atoms with Crippen molar-refractivity contribution in [3.63, 3.8) is 0 Å². The van der Waals surface area contributed by atoms with E-state index in [-0.39, 0.29) is 0 Å². The molecule has 0 unspecified atom stereocenters. The van der Waals surface area contributed by atoms with E-state index in [0.717, 1.165) is 27.6 Å². The highest BCUT2D eigenvalue weighted by Crippen LogP contribution is 2.40. The van der Waals surface area contributed by atoms with E-state index in [1.165, 1.54) is 64.2 Å². The molecule has 0 spiro atoms. The Hall–Kier alpha value is -5.64. The third-order valence-electron chi connectivity index (χ3n) is 9.20. The first-order valence-electron chi connectivity index (χ1n) is 15.3. The van der Waals surface area contributed by atoms with Crippen LogP contribution in [-0.4, -0.2) is 4.57 Å². The number of rotatable bonds is 3. The molecule has 7 aromatic carbocycles. The number of furan rings is 1. The molecule has 0 N–H and O–H groups in total. The zero-order chi connectivity index (χ0) is 29.5. The van der Waals surface area contributed by atoms with Gasteiger partial charge >= 0.3 is 0 Å². The Labute approximate surface area is 263 Å². The van der Waals surface area contributed by atoms with Gasteiger partial charge in [0.25, 0.3) is 0 Å². The summed E-state index contributed by atoms with van der Waals surface area (Å²) in [4.78, 5) is 0. The lowest BCUT2D eigenvalue weighted by atomic mass is 10.00. The lowest BCUT2D eigenvalue weighted by Gasteiger charge is -2.10. The fourth-order valence-electron chi connectivity index (χ4n) is 7.05. The van der Waals surface area contributed by atoms with Crippen LogP contribution in [0.25, 0.3) is 91.9 Å². The highest BCUT2D eigenvalue weighted by molar-refractivity contribution is 7.25. The zero-order valence-corrected chi connectivity index (χ0v) is 25.0. The summed E-state index contributed by atoms with van der Waals surface area (Å²) in [6, 6.07) is 54.9. The minimum absolute atomic E-state index is 0.907. The average Bonchev–Trinajstić information content (AvgIpc) is 3.77. The van der Waals surface area contributed by atoms with Crippen LogP contribution in [0.2, 0.25) is 0 Å². The summed E-state index contributed by atoms with van der Waals surface area (Å²) >= 11 is 1.86. The molecule has 0 aliphatic rings. The van der Waals surface area contributed by atoms with Gasteiger partial charge in [-0.25, -0.2) is 0 Å². The lowest BCUT2D eigenvalue weighted by molar-refractivity contribution is 0.669. The number of hydrogen-bond donors (Lipinski definition) is 0. The largest absolute Gasteiger partial charge is 0.456 e. The van der Waals surface area contributed by atoms with Gasteiger partial charge < -0.3 is 8.98 Å². The quantitative estimate of drug-likeness (QED) is 0.200. The van der Waals surface area contributed by atoms with Crippen molar-refractivity contribution < 1.29 is 4.42 Å². The highest BCUT2D eigenvalue weighted by Gasteiger charge is 2.17. The van der Waals surface area contributed by atoms with Crippen LogP contribution in [0.15, 0.2) is 156 Å². The van der Waals surface area contributed by atoms with Gasteiger partial charge in [-0.05, 0) is 82.9 Å². The smallest absolute Gasteiger partial charge is 0.135 e. The molecule has 2 nitrogen and oxygen atoms in total. The van der Waals surface area contributed by atoms with Gasteiger partial charge in [-0.15, -0.1) is 11.3 Å². The first kappa shape index (κ1) is 24.8. The topological polar surface area (TPSA) is 18.1 Å². The third kappa shape index (κ3) is 3.75. The predicted octanol–water partition coefficient (Wildman–Crippen LogP) is 12.4. The molecule has 3 aromatic heterocycles. The summed E-state index contributed by atoms with van der Waals surface area (Å²) in [5, 5.41) is 7.40. The summed E-state index contributed by atoms with van der Waals surface area (Å²) in [5.41, 5.74) is 10.2. The second-order valence-corrected chi connectivity index (χ2v) is 12.8. The Morgan fingerprint density at radius 2 is 1.07 bits per heavy atom. The third-order valence-corrected chi connectivity index (χ3v) is 10.4. The van der Waals surface area contributed by atoms with Gasteiger partial charge in [-0.3, -0.25) is 0 Å². The van der Waals surface area contributed by atoms with Crippen molar-refractivity contribution in [2.45, 2.75) is 0 Å². The normalized spacial score (nSPS) is 12.0. The SMILES string of the molecule is c1ccc(-c2ccc3c4cc(-c5ccc6sc7ccccc7c6c5)ccc4n(-c4ccc5oc6ccccc6c5c4)c3c2)cc1. The minimum Gasteiger partial charge on any atom is -0.456 e. The number of fused-ring (bicyclic) bond motifs is 9. The molecule has 45 heavy (non-hydrogen) atoms. The van der Waals surface area contributed by atoms with E-state index in [0.29, 0.717) is 0 Å². The maximum Gasteiger partial charge on any atom is 0.135 e. The van der Waals surface area contributed by atoms with Crippen molar-refractivity contribution >= 4 is 75.3 Å². The summed E-state index contributed by atoms with van der Waals surface area (Å²) in [7, 11) is 0. The van der Waals surface area contributed by atoms with Gasteiger partial charge in [-0.2, -0.15) is 0 Å². The summed E-state index contributed by atoms with van der Waals surface area (Å²) in [5.74, 6) is 0. The van der Waals surface area contributed by atoms with Crippen LogP contribution in [0.4, 0.5) is 0 Å². The molecule has 210 valence electrons. The van der Waals surface area contributed by atoms with Gasteiger partial charge in [0.2, 0.25) is 0 Å².